The maximum atomic E-state index is 11.8. The van der Waals surface area contributed by atoms with Crippen LogP contribution in [0.15, 0.2) is 30.3 Å². The van der Waals surface area contributed by atoms with E-state index in [2.05, 4.69) is 28.0 Å². The summed E-state index contributed by atoms with van der Waals surface area (Å²) in [5.41, 5.74) is 5.38. The van der Waals surface area contributed by atoms with Crippen molar-refractivity contribution >= 4 is 11.8 Å². The third kappa shape index (κ3) is 4.32. The minimum Gasteiger partial charge on any atom is -0.312 e. The topological polar surface area (TPSA) is 73.5 Å². The third-order valence-electron chi connectivity index (χ3n) is 3.17. The van der Waals surface area contributed by atoms with Gasteiger partial charge in [0.2, 0.25) is 0 Å². The lowest BCUT2D eigenvalue weighted by Gasteiger charge is -2.31. The highest BCUT2D eigenvalue weighted by molar-refractivity contribution is 5.95. The maximum Gasteiger partial charge on any atom is 0.269 e. The molecule has 1 saturated heterocycles. The Morgan fingerprint density at radius 3 is 2.75 bits per heavy atom. The molecule has 0 aromatic heterocycles. The van der Waals surface area contributed by atoms with E-state index in [1.807, 2.05) is 6.07 Å². The number of hydrazine groups is 1. The number of carbonyl (C=O) groups is 2. The van der Waals surface area contributed by atoms with Crippen molar-refractivity contribution in [1.82, 2.24) is 21.1 Å². The Bertz CT molecular complexity index is 464. The number of hydrogen-bond donors (Lipinski definition) is 3. The molecule has 0 bridgehead atoms. The van der Waals surface area contributed by atoms with E-state index in [1.165, 1.54) is 0 Å². The minimum atomic E-state index is -0.312. The molecule has 0 aliphatic carbocycles. The lowest BCUT2D eigenvalue weighted by atomic mass is 10.2. The molecule has 6 nitrogen and oxygen atoms in total. The van der Waals surface area contributed by atoms with Crippen LogP contribution in [0.25, 0.3) is 0 Å². The number of carbonyl (C=O) groups excluding carboxylic acids is 2. The summed E-state index contributed by atoms with van der Waals surface area (Å²) in [5.74, 6) is -0.518. The highest BCUT2D eigenvalue weighted by Crippen LogP contribution is 1.98. The maximum absolute atomic E-state index is 11.8. The van der Waals surface area contributed by atoms with Crippen molar-refractivity contribution in [3.8, 4) is 0 Å². The van der Waals surface area contributed by atoms with Gasteiger partial charge in [-0.1, -0.05) is 18.2 Å². The van der Waals surface area contributed by atoms with Crippen molar-refractivity contribution in [2.75, 3.05) is 26.2 Å². The summed E-state index contributed by atoms with van der Waals surface area (Å²) in [5, 5.41) is 3.31. The van der Waals surface area contributed by atoms with Crippen molar-refractivity contribution in [1.29, 1.82) is 0 Å². The van der Waals surface area contributed by atoms with Crippen LogP contribution in [0, 0.1) is 0 Å². The Morgan fingerprint density at radius 1 is 1.30 bits per heavy atom. The number of piperazine rings is 1. The monoisotopic (exact) mass is 276 g/mol. The van der Waals surface area contributed by atoms with Gasteiger partial charge in [0.05, 0.1) is 6.54 Å². The van der Waals surface area contributed by atoms with Crippen LogP contribution in [-0.4, -0.2) is 48.9 Å². The van der Waals surface area contributed by atoms with Crippen molar-refractivity contribution in [3.05, 3.63) is 35.9 Å². The highest BCUT2D eigenvalue weighted by atomic mass is 16.2. The molecular weight excluding hydrogens is 256 g/mol. The molecule has 2 rings (SSSR count). The second-order valence-electron chi connectivity index (χ2n) is 4.96. The molecule has 3 N–H and O–H groups in total. The molecule has 1 aromatic carbocycles. The SMILES string of the molecule is CC1CN(CC(=O)NNC(=O)c2ccccc2)CCN1. The Labute approximate surface area is 118 Å². The summed E-state index contributed by atoms with van der Waals surface area (Å²) >= 11 is 0. The smallest absolute Gasteiger partial charge is 0.269 e. The lowest BCUT2D eigenvalue weighted by Crippen LogP contribution is -2.53. The standard InChI is InChI=1S/C14H20N4O2/c1-11-9-18(8-7-15-11)10-13(19)16-17-14(20)12-5-3-2-4-6-12/h2-6,11,15H,7-10H2,1H3,(H,16,19)(H,17,20). The normalized spacial score (nSPS) is 19.4. The predicted molar refractivity (Wildman–Crippen MR) is 76.0 cm³/mol. The molecular formula is C14H20N4O2. The molecule has 1 atom stereocenters. The van der Waals surface area contributed by atoms with Crippen molar-refractivity contribution in [2.45, 2.75) is 13.0 Å². The molecule has 108 valence electrons. The summed E-state index contributed by atoms with van der Waals surface area (Å²) in [6, 6.07) is 9.16. The molecule has 20 heavy (non-hydrogen) atoms. The van der Waals surface area contributed by atoms with E-state index < -0.39 is 0 Å². The second kappa shape index (κ2) is 7.02. The quantitative estimate of drug-likeness (QED) is 0.665. The molecule has 0 radical (unpaired) electrons. The fourth-order valence-corrected chi connectivity index (χ4v) is 2.19. The average Bonchev–Trinajstić information content (AvgIpc) is 2.46. The first-order chi connectivity index (χ1) is 9.65. The fraction of sp³-hybridized carbons (Fsp3) is 0.429. The van der Waals surface area contributed by atoms with Crippen LogP contribution in [0.1, 0.15) is 17.3 Å². The molecule has 0 spiro atoms. The average molecular weight is 276 g/mol. The zero-order valence-electron chi connectivity index (χ0n) is 11.6. The Kier molecular flexibility index (Phi) is 5.09. The van der Waals surface area contributed by atoms with Gasteiger partial charge in [-0.25, -0.2) is 0 Å². The molecule has 2 amide bonds. The molecule has 0 saturated carbocycles. The lowest BCUT2D eigenvalue weighted by molar-refractivity contribution is -0.123. The largest absolute Gasteiger partial charge is 0.312 e. The number of benzene rings is 1. The van der Waals surface area contributed by atoms with Crippen LogP contribution in [-0.2, 0) is 4.79 Å². The summed E-state index contributed by atoms with van der Waals surface area (Å²) in [6.07, 6.45) is 0. The van der Waals surface area contributed by atoms with Gasteiger partial charge in [0, 0.05) is 31.2 Å². The number of amides is 2. The summed E-state index contributed by atoms with van der Waals surface area (Å²) in [6.45, 7) is 4.93. The van der Waals surface area contributed by atoms with Gasteiger partial charge in [-0.3, -0.25) is 25.3 Å². The van der Waals surface area contributed by atoms with Crippen LogP contribution < -0.4 is 16.2 Å². The first-order valence-corrected chi connectivity index (χ1v) is 6.75. The third-order valence-corrected chi connectivity index (χ3v) is 3.17. The van der Waals surface area contributed by atoms with Gasteiger partial charge in [0.1, 0.15) is 0 Å². The van der Waals surface area contributed by atoms with Crippen LogP contribution >= 0.6 is 0 Å². The van der Waals surface area contributed by atoms with Crippen LogP contribution in [0.5, 0.6) is 0 Å². The van der Waals surface area contributed by atoms with Gasteiger partial charge in [-0.15, -0.1) is 0 Å². The number of nitrogens with zero attached hydrogens (tertiary/aromatic N) is 1. The number of rotatable bonds is 3. The van der Waals surface area contributed by atoms with Crippen molar-refractivity contribution in [2.24, 2.45) is 0 Å². The van der Waals surface area contributed by atoms with E-state index in [-0.39, 0.29) is 11.8 Å². The molecule has 6 heteroatoms. The molecule has 1 heterocycles. The highest BCUT2D eigenvalue weighted by Gasteiger charge is 2.18. The number of nitrogens with one attached hydrogen (secondary N) is 3. The zero-order chi connectivity index (χ0) is 14.4. The molecule has 1 aliphatic rings. The van der Waals surface area contributed by atoms with Gasteiger partial charge in [0.15, 0.2) is 0 Å². The molecule has 1 aliphatic heterocycles. The Balaban J connectivity index is 1.73. The first-order valence-electron chi connectivity index (χ1n) is 6.75. The van der Waals surface area contributed by atoms with E-state index in [1.54, 1.807) is 24.3 Å². The molecule has 1 aromatic rings. The van der Waals surface area contributed by atoms with Crippen LogP contribution in [0.4, 0.5) is 0 Å². The van der Waals surface area contributed by atoms with Crippen LogP contribution in [0.2, 0.25) is 0 Å². The van der Waals surface area contributed by atoms with Crippen LogP contribution in [0.3, 0.4) is 0 Å². The van der Waals surface area contributed by atoms with E-state index >= 15 is 0 Å². The Hall–Kier alpha value is -1.92. The van der Waals surface area contributed by atoms with E-state index in [4.69, 9.17) is 0 Å². The van der Waals surface area contributed by atoms with E-state index in [9.17, 15) is 9.59 Å². The van der Waals surface area contributed by atoms with Gasteiger partial charge in [-0.05, 0) is 19.1 Å². The van der Waals surface area contributed by atoms with E-state index in [0.29, 0.717) is 18.2 Å². The zero-order valence-corrected chi connectivity index (χ0v) is 11.6. The summed E-state index contributed by atoms with van der Waals surface area (Å²) in [4.78, 5) is 25.6. The first kappa shape index (κ1) is 14.5. The van der Waals surface area contributed by atoms with Crippen molar-refractivity contribution < 1.29 is 9.59 Å². The van der Waals surface area contributed by atoms with E-state index in [0.717, 1.165) is 19.6 Å². The summed E-state index contributed by atoms with van der Waals surface area (Å²) in [7, 11) is 0. The van der Waals surface area contributed by atoms with Gasteiger partial charge >= 0.3 is 0 Å². The minimum absolute atomic E-state index is 0.205. The molecule has 1 unspecified atom stereocenters. The second-order valence-corrected chi connectivity index (χ2v) is 4.96. The van der Waals surface area contributed by atoms with Gasteiger partial charge in [0.25, 0.3) is 11.8 Å². The fourth-order valence-electron chi connectivity index (χ4n) is 2.19. The number of hydrogen-bond acceptors (Lipinski definition) is 4. The summed E-state index contributed by atoms with van der Waals surface area (Å²) < 4.78 is 0. The van der Waals surface area contributed by atoms with Crippen molar-refractivity contribution in [3.63, 3.8) is 0 Å². The van der Waals surface area contributed by atoms with Gasteiger partial charge < -0.3 is 5.32 Å². The molecule has 1 fully saturated rings. The predicted octanol–water partition coefficient (Wildman–Crippen LogP) is -0.259. The Morgan fingerprint density at radius 2 is 2.05 bits per heavy atom. The van der Waals surface area contributed by atoms with Gasteiger partial charge in [-0.2, -0.15) is 0 Å².